The average molecular weight is 228 g/mol. The Balaban J connectivity index is 2.31. The van der Waals surface area contributed by atoms with E-state index in [2.05, 4.69) is 17.2 Å². The van der Waals surface area contributed by atoms with Crippen LogP contribution in [0.5, 0.6) is 0 Å². The number of hydrogen-bond donors (Lipinski definition) is 2. The second kappa shape index (κ2) is 6.53. The van der Waals surface area contributed by atoms with E-state index >= 15 is 0 Å². The zero-order valence-corrected chi connectivity index (χ0v) is 9.64. The van der Waals surface area contributed by atoms with Gasteiger partial charge in [0, 0.05) is 11.9 Å². The summed E-state index contributed by atoms with van der Waals surface area (Å²) in [4.78, 5) is 15.5. The number of hydrogen-bond acceptors (Lipinski definition) is 4. The van der Waals surface area contributed by atoms with E-state index in [1.807, 2.05) is 0 Å². The Morgan fingerprint density at radius 3 is 3.07 bits per heavy atom. The van der Waals surface area contributed by atoms with Gasteiger partial charge in [-0.2, -0.15) is 0 Å². The lowest BCUT2D eigenvalue weighted by atomic mass is 10.3. The molecule has 0 atom stereocenters. The van der Waals surface area contributed by atoms with Crippen LogP contribution >= 0.6 is 11.3 Å². The number of carbonyl (C=O) groups is 1. The van der Waals surface area contributed by atoms with Crippen LogP contribution in [-0.2, 0) is 17.8 Å². The number of nitrogens with one attached hydrogen (secondary N) is 1. The fourth-order valence-electron chi connectivity index (χ4n) is 1.11. The highest BCUT2D eigenvalue weighted by atomic mass is 32.1. The van der Waals surface area contributed by atoms with Crippen LogP contribution in [0.1, 0.15) is 30.5 Å². The average Bonchev–Trinajstić information content (AvgIpc) is 2.66. The van der Waals surface area contributed by atoms with Gasteiger partial charge >= 0.3 is 0 Å². The molecule has 0 unspecified atom stereocenters. The number of rotatable bonds is 6. The first-order valence-electron chi connectivity index (χ1n) is 5.07. The third kappa shape index (κ3) is 4.40. The van der Waals surface area contributed by atoms with E-state index in [9.17, 15) is 4.79 Å². The van der Waals surface area contributed by atoms with Crippen molar-refractivity contribution in [3.63, 3.8) is 0 Å². The minimum Gasteiger partial charge on any atom is -0.390 e. The Hall–Kier alpha value is -0.940. The Kier molecular flexibility index (Phi) is 5.28. The highest BCUT2D eigenvalue weighted by molar-refractivity contribution is 7.09. The van der Waals surface area contributed by atoms with Crippen molar-refractivity contribution in [2.24, 2.45) is 0 Å². The summed E-state index contributed by atoms with van der Waals surface area (Å²) in [6.07, 6.45) is 2.39. The van der Waals surface area contributed by atoms with Crippen molar-refractivity contribution in [2.45, 2.75) is 32.8 Å². The van der Waals surface area contributed by atoms with Crippen molar-refractivity contribution in [3.8, 4) is 0 Å². The van der Waals surface area contributed by atoms with Gasteiger partial charge in [0.05, 0.1) is 18.7 Å². The highest BCUT2D eigenvalue weighted by Gasteiger charge is 2.06. The van der Waals surface area contributed by atoms with Crippen LogP contribution in [-0.4, -0.2) is 22.5 Å². The second-order valence-electron chi connectivity index (χ2n) is 3.27. The Morgan fingerprint density at radius 1 is 1.67 bits per heavy atom. The molecule has 0 saturated heterocycles. The Morgan fingerprint density at radius 2 is 2.47 bits per heavy atom. The number of aliphatic hydroxyl groups excluding tert-OH is 1. The van der Waals surface area contributed by atoms with E-state index in [4.69, 9.17) is 5.11 Å². The number of thiazole rings is 1. The van der Waals surface area contributed by atoms with Crippen LogP contribution in [0.2, 0.25) is 0 Å². The topological polar surface area (TPSA) is 62.2 Å². The first-order valence-corrected chi connectivity index (χ1v) is 5.95. The van der Waals surface area contributed by atoms with E-state index in [-0.39, 0.29) is 12.5 Å². The first-order chi connectivity index (χ1) is 7.26. The van der Waals surface area contributed by atoms with Crippen molar-refractivity contribution >= 4 is 17.2 Å². The van der Waals surface area contributed by atoms with Gasteiger partial charge in [-0.3, -0.25) is 4.79 Å². The Bertz CT molecular complexity index is 312. The molecule has 1 amide bonds. The quantitative estimate of drug-likeness (QED) is 0.717. The second-order valence-corrected chi connectivity index (χ2v) is 4.21. The number of nitrogens with zero attached hydrogens (tertiary/aromatic N) is 1. The molecule has 4 nitrogen and oxygen atoms in total. The van der Waals surface area contributed by atoms with Gasteiger partial charge in [0.2, 0.25) is 5.91 Å². The molecule has 0 aliphatic carbocycles. The molecule has 1 rings (SSSR count). The maximum absolute atomic E-state index is 11.4. The SMILES string of the molecule is CCCCNC(=O)Cc1nc(CO)cs1. The fraction of sp³-hybridized carbons (Fsp3) is 0.600. The first kappa shape index (κ1) is 12.1. The third-order valence-electron chi connectivity index (χ3n) is 1.93. The minimum absolute atomic E-state index is 0.00212. The van der Waals surface area contributed by atoms with E-state index < -0.39 is 0 Å². The zero-order valence-electron chi connectivity index (χ0n) is 8.82. The van der Waals surface area contributed by atoms with Gasteiger partial charge in [0.1, 0.15) is 5.01 Å². The molecule has 0 spiro atoms. The van der Waals surface area contributed by atoms with E-state index in [0.29, 0.717) is 12.1 Å². The number of carbonyl (C=O) groups excluding carboxylic acids is 1. The van der Waals surface area contributed by atoms with E-state index in [1.165, 1.54) is 11.3 Å². The van der Waals surface area contributed by atoms with Gasteiger partial charge in [-0.25, -0.2) is 4.98 Å². The highest BCUT2D eigenvalue weighted by Crippen LogP contribution is 2.10. The molecule has 0 bridgehead atoms. The largest absolute Gasteiger partial charge is 0.390 e. The summed E-state index contributed by atoms with van der Waals surface area (Å²) >= 11 is 1.41. The number of unbranched alkanes of at least 4 members (excludes halogenated alkanes) is 1. The maximum Gasteiger partial charge on any atom is 0.226 e. The van der Waals surface area contributed by atoms with Crippen molar-refractivity contribution in [2.75, 3.05) is 6.54 Å². The lowest BCUT2D eigenvalue weighted by Gasteiger charge is -2.01. The minimum atomic E-state index is -0.0616. The van der Waals surface area contributed by atoms with Crippen LogP contribution in [0.15, 0.2) is 5.38 Å². The van der Waals surface area contributed by atoms with Crippen LogP contribution in [0.25, 0.3) is 0 Å². The number of aromatic nitrogens is 1. The monoisotopic (exact) mass is 228 g/mol. The molecule has 0 fully saturated rings. The van der Waals surface area contributed by atoms with Gasteiger partial charge in [0.25, 0.3) is 0 Å². The summed E-state index contributed by atoms with van der Waals surface area (Å²) in [6, 6.07) is 0. The van der Waals surface area contributed by atoms with Gasteiger partial charge in [-0.1, -0.05) is 13.3 Å². The Labute approximate surface area is 93.4 Å². The lowest BCUT2D eigenvalue weighted by molar-refractivity contribution is -0.120. The van der Waals surface area contributed by atoms with E-state index in [1.54, 1.807) is 5.38 Å². The predicted molar refractivity (Wildman–Crippen MR) is 59.7 cm³/mol. The van der Waals surface area contributed by atoms with Crippen LogP contribution in [0.3, 0.4) is 0 Å². The molecular weight excluding hydrogens is 212 g/mol. The fourth-order valence-corrected chi connectivity index (χ4v) is 1.89. The van der Waals surface area contributed by atoms with Crippen molar-refractivity contribution < 1.29 is 9.90 Å². The molecule has 1 heterocycles. The number of aliphatic hydroxyl groups is 1. The third-order valence-corrected chi connectivity index (χ3v) is 2.82. The van der Waals surface area contributed by atoms with Crippen molar-refractivity contribution in [1.82, 2.24) is 10.3 Å². The molecule has 5 heteroatoms. The van der Waals surface area contributed by atoms with Crippen LogP contribution in [0.4, 0.5) is 0 Å². The molecule has 15 heavy (non-hydrogen) atoms. The van der Waals surface area contributed by atoms with Crippen LogP contribution < -0.4 is 5.32 Å². The molecule has 1 aromatic rings. The molecular formula is C10H16N2O2S. The van der Waals surface area contributed by atoms with E-state index in [0.717, 1.165) is 24.4 Å². The van der Waals surface area contributed by atoms with Crippen molar-refractivity contribution in [3.05, 3.63) is 16.1 Å². The maximum atomic E-state index is 11.4. The summed E-state index contributed by atoms with van der Waals surface area (Å²) < 4.78 is 0. The zero-order chi connectivity index (χ0) is 11.1. The molecule has 2 N–H and O–H groups in total. The van der Waals surface area contributed by atoms with Gasteiger partial charge in [-0.05, 0) is 6.42 Å². The standard InChI is InChI=1S/C10H16N2O2S/c1-2-3-4-11-9(14)5-10-12-8(6-13)7-15-10/h7,13H,2-6H2,1H3,(H,11,14). The molecule has 0 aliphatic rings. The molecule has 0 aliphatic heterocycles. The van der Waals surface area contributed by atoms with Gasteiger partial charge < -0.3 is 10.4 Å². The smallest absolute Gasteiger partial charge is 0.226 e. The lowest BCUT2D eigenvalue weighted by Crippen LogP contribution is -2.25. The molecule has 0 aromatic carbocycles. The summed E-state index contributed by atoms with van der Waals surface area (Å²) in [7, 11) is 0. The van der Waals surface area contributed by atoms with Crippen molar-refractivity contribution in [1.29, 1.82) is 0 Å². The summed E-state index contributed by atoms with van der Waals surface area (Å²) in [5, 5.41) is 14.2. The predicted octanol–water partition coefficient (Wildman–Crippen LogP) is 1.09. The number of amides is 1. The van der Waals surface area contributed by atoms with Gasteiger partial charge in [0.15, 0.2) is 0 Å². The van der Waals surface area contributed by atoms with Gasteiger partial charge in [-0.15, -0.1) is 11.3 Å². The van der Waals surface area contributed by atoms with Crippen LogP contribution in [0, 0.1) is 0 Å². The summed E-state index contributed by atoms with van der Waals surface area (Å²) in [6.45, 7) is 2.75. The molecule has 1 aromatic heterocycles. The summed E-state index contributed by atoms with van der Waals surface area (Å²) in [5.41, 5.74) is 0.636. The molecule has 0 saturated carbocycles. The normalized spacial score (nSPS) is 10.3. The molecule has 0 radical (unpaired) electrons. The molecule has 84 valence electrons. The summed E-state index contributed by atoms with van der Waals surface area (Å²) in [5.74, 6) is 0.00212.